The molecule has 0 radical (unpaired) electrons. The van der Waals surface area contributed by atoms with Gasteiger partial charge in [-0.15, -0.1) is 0 Å². The van der Waals surface area contributed by atoms with Gasteiger partial charge < -0.3 is 14.9 Å². The van der Waals surface area contributed by atoms with Crippen molar-refractivity contribution in [1.29, 1.82) is 0 Å². The number of phenolic OH excluding ortho intramolecular Hbond substituents is 2. The molecule has 24 heavy (non-hydrogen) atoms. The second kappa shape index (κ2) is 7.50. The minimum atomic E-state index is -0.860. The predicted molar refractivity (Wildman–Crippen MR) is 88.9 cm³/mol. The van der Waals surface area contributed by atoms with E-state index in [2.05, 4.69) is 0 Å². The third kappa shape index (κ3) is 4.04. The molecule has 2 N–H and O–H groups in total. The van der Waals surface area contributed by atoms with E-state index in [1.807, 2.05) is 0 Å². The third-order valence-corrected chi connectivity index (χ3v) is 3.62. The van der Waals surface area contributed by atoms with Crippen LogP contribution < -0.4 is 4.90 Å². The molecule has 0 aliphatic rings. The van der Waals surface area contributed by atoms with Crippen LogP contribution in [0.3, 0.4) is 0 Å². The quantitative estimate of drug-likeness (QED) is 0.822. The number of amides is 1. The standard InChI is InChI=1S/C18H19NO5/c1-12(20)19(14-5-9-16(22)10-6-14)17(18(23)24-2)11-13-3-7-15(21)8-4-13/h3-10,17,21-22H,11H2,1-2H3. The summed E-state index contributed by atoms with van der Waals surface area (Å²) in [5.74, 6) is -0.688. The summed E-state index contributed by atoms with van der Waals surface area (Å²) in [4.78, 5) is 25.7. The Morgan fingerprint density at radius 3 is 1.96 bits per heavy atom. The Morgan fingerprint density at radius 1 is 1.00 bits per heavy atom. The van der Waals surface area contributed by atoms with Crippen LogP contribution in [0.25, 0.3) is 0 Å². The van der Waals surface area contributed by atoms with E-state index in [1.165, 1.54) is 43.2 Å². The van der Waals surface area contributed by atoms with Crippen molar-refractivity contribution in [3.63, 3.8) is 0 Å². The van der Waals surface area contributed by atoms with Crippen molar-refractivity contribution >= 4 is 17.6 Å². The van der Waals surface area contributed by atoms with Gasteiger partial charge in [-0.25, -0.2) is 4.79 Å². The molecule has 6 heteroatoms. The van der Waals surface area contributed by atoms with Crippen LogP contribution in [0.4, 0.5) is 5.69 Å². The van der Waals surface area contributed by atoms with Gasteiger partial charge in [0.15, 0.2) is 0 Å². The Morgan fingerprint density at radius 2 is 1.50 bits per heavy atom. The minimum absolute atomic E-state index is 0.0652. The fourth-order valence-corrected chi connectivity index (χ4v) is 2.47. The number of hydrogen-bond acceptors (Lipinski definition) is 5. The van der Waals surface area contributed by atoms with Gasteiger partial charge in [-0.3, -0.25) is 9.69 Å². The SMILES string of the molecule is COC(=O)C(Cc1ccc(O)cc1)N(C(C)=O)c1ccc(O)cc1. The zero-order chi connectivity index (χ0) is 17.7. The van der Waals surface area contributed by atoms with Gasteiger partial charge in [-0.2, -0.15) is 0 Å². The smallest absolute Gasteiger partial charge is 0.329 e. The highest BCUT2D eigenvalue weighted by molar-refractivity contribution is 5.98. The fourth-order valence-electron chi connectivity index (χ4n) is 2.47. The summed E-state index contributed by atoms with van der Waals surface area (Å²) in [6, 6.07) is 11.5. The molecular weight excluding hydrogens is 310 g/mol. The van der Waals surface area contributed by atoms with E-state index in [9.17, 15) is 19.8 Å². The lowest BCUT2D eigenvalue weighted by Crippen LogP contribution is -2.46. The zero-order valence-corrected chi connectivity index (χ0v) is 13.5. The Bertz CT molecular complexity index is 709. The fraction of sp³-hybridized carbons (Fsp3) is 0.222. The molecule has 0 spiro atoms. The summed E-state index contributed by atoms with van der Waals surface area (Å²) < 4.78 is 4.85. The van der Waals surface area contributed by atoms with Crippen molar-refractivity contribution in [2.45, 2.75) is 19.4 Å². The van der Waals surface area contributed by atoms with Crippen molar-refractivity contribution in [2.75, 3.05) is 12.0 Å². The lowest BCUT2D eigenvalue weighted by atomic mass is 10.0. The van der Waals surface area contributed by atoms with Gasteiger partial charge in [0.1, 0.15) is 17.5 Å². The monoisotopic (exact) mass is 329 g/mol. The first-order chi connectivity index (χ1) is 11.4. The molecule has 0 saturated carbocycles. The highest BCUT2D eigenvalue weighted by Crippen LogP contribution is 2.23. The average molecular weight is 329 g/mol. The molecule has 0 heterocycles. The van der Waals surface area contributed by atoms with Gasteiger partial charge >= 0.3 is 5.97 Å². The summed E-state index contributed by atoms with van der Waals surface area (Å²) in [6.07, 6.45) is 0.230. The van der Waals surface area contributed by atoms with Crippen LogP contribution in [0.2, 0.25) is 0 Å². The number of nitrogens with zero attached hydrogens (tertiary/aromatic N) is 1. The number of ether oxygens (including phenoxy) is 1. The highest BCUT2D eigenvalue weighted by Gasteiger charge is 2.30. The van der Waals surface area contributed by atoms with Crippen molar-refractivity contribution in [3.05, 3.63) is 54.1 Å². The number of hydrogen-bond donors (Lipinski definition) is 2. The second-order valence-electron chi connectivity index (χ2n) is 5.31. The van der Waals surface area contributed by atoms with Gasteiger partial charge in [-0.05, 0) is 42.0 Å². The number of carbonyl (C=O) groups excluding carboxylic acids is 2. The average Bonchev–Trinajstić information content (AvgIpc) is 2.56. The van der Waals surface area contributed by atoms with E-state index in [1.54, 1.807) is 24.3 Å². The Kier molecular flexibility index (Phi) is 5.42. The van der Waals surface area contributed by atoms with Crippen LogP contribution in [-0.2, 0) is 20.7 Å². The van der Waals surface area contributed by atoms with Crippen LogP contribution in [0, 0.1) is 0 Å². The molecule has 1 unspecified atom stereocenters. The minimum Gasteiger partial charge on any atom is -0.508 e. The number of methoxy groups -OCH3 is 1. The Balaban J connectivity index is 2.38. The Hall–Kier alpha value is -3.02. The maximum atomic E-state index is 12.3. The maximum Gasteiger partial charge on any atom is 0.329 e. The van der Waals surface area contributed by atoms with Gasteiger partial charge in [-0.1, -0.05) is 12.1 Å². The van der Waals surface area contributed by atoms with E-state index in [-0.39, 0.29) is 23.8 Å². The van der Waals surface area contributed by atoms with E-state index in [0.717, 1.165) is 5.56 Å². The van der Waals surface area contributed by atoms with E-state index in [4.69, 9.17) is 4.74 Å². The first-order valence-electron chi connectivity index (χ1n) is 7.37. The molecule has 0 saturated heterocycles. The van der Waals surface area contributed by atoms with Crippen LogP contribution >= 0.6 is 0 Å². The molecule has 0 aliphatic carbocycles. The van der Waals surface area contributed by atoms with E-state index in [0.29, 0.717) is 5.69 Å². The maximum absolute atomic E-state index is 12.3. The summed E-state index contributed by atoms with van der Waals surface area (Å²) in [5.41, 5.74) is 1.25. The third-order valence-electron chi connectivity index (χ3n) is 3.62. The zero-order valence-electron chi connectivity index (χ0n) is 13.5. The van der Waals surface area contributed by atoms with Gasteiger partial charge in [0, 0.05) is 19.0 Å². The number of esters is 1. The number of anilines is 1. The molecule has 1 amide bonds. The molecule has 0 aliphatic heterocycles. The molecule has 2 aromatic rings. The van der Waals surface area contributed by atoms with Crippen molar-refractivity contribution in [3.8, 4) is 11.5 Å². The summed E-state index contributed by atoms with van der Waals surface area (Å²) in [6.45, 7) is 1.36. The Labute approximate surface area is 139 Å². The molecule has 6 nitrogen and oxygen atoms in total. The topological polar surface area (TPSA) is 87.1 Å². The molecule has 2 aromatic carbocycles. The molecule has 126 valence electrons. The molecule has 0 aromatic heterocycles. The first-order valence-corrected chi connectivity index (χ1v) is 7.37. The second-order valence-corrected chi connectivity index (χ2v) is 5.31. The lowest BCUT2D eigenvalue weighted by molar-refractivity contribution is -0.143. The van der Waals surface area contributed by atoms with Crippen molar-refractivity contribution < 1.29 is 24.5 Å². The number of phenols is 2. The van der Waals surface area contributed by atoms with Crippen molar-refractivity contribution in [2.24, 2.45) is 0 Å². The molecule has 2 rings (SSSR count). The molecule has 0 bridgehead atoms. The summed E-state index contributed by atoms with van der Waals surface area (Å²) in [7, 11) is 1.27. The van der Waals surface area contributed by atoms with Crippen LogP contribution in [-0.4, -0.2) is 35.2 Å². The van der Waals surface area contributed by atoms with Gasteiger partial charge in [0.2, 0.25) is 5.91 Å². The normalized spacial score (nSPS) is 11.6. The number of aromatic hydroxyl groups is 2. The summed E-state index contributed by atoms with van der Waals surface area (Å²) in [5, 5.41) is 18.8. The highest BCUT2D eigenvalue weighted by atomic mass is 16.5. The van der Waals surface area contributed by atoms with Gasteiger partial charge in [0.25, 0.3) is 0 Å². The van der Waals surface area contributed by atoms with E-state index < -0.39 is 12.0 Å². The van der Waals surface area contributed by atoms with Crippen LogP contribution in [0.15, 0.2) is 48.5 Å². The van der Waals surface area contributed by atoms with E-state index >= 15 is 0 Å². The number of benzene rings is 2. The number of rotatable bonds is 5. The largest absolute Gasteiger partial charge is 0.508 e. The first kappa shape index (κ1) is 17.3. The molecular formula is C18H19NO5. The van der Waals surface area contributed by atoms with Crippen LogP contribution in [0.1, 0.15) is 12.5 Å². The summed E-state index contributed by atoms with van der Waals surface area (Å²) >= 11 is 0. The number of carbonyl (C=O) groups is 2. The molecule has 1 atom stereocenters. The molecule has 0 fully saturated rings. The lowest BCUT2D eigenvalue weighted by Gasteiger charge is -2.29. The van der Waals surface area contributed by atoms with Gasteiger partial charge in [0.05, 0.1) is 7.11 Å². The predicted octanol–water partition coefficient (Wildman–Crippen LogP) is 2.24. The van der Waals surface area contributed by atoms with Crippen LogP contribution in [0.5, 0.6) is 11.5 Å². The van der Waals surface area contributed by atoms with Crippen molar-refractivity contribution in [1.82, 2.24) is 0 Å².